The highest BCUT2D eigenvalue weighted by Gasteiger charge is 2.36. The summed E-state index contributed by atoms with van der Waals surface area (Å²) in [6, 6.07) is 0.885. The van der Waals surface area contributed by atoms with E-state index in [1.165, 1.54) is 0 Å². The largest absolute Gasteiger partial charge is 0.500 e. The van der Waals surface area contributed by atoms with E-state index < -0.39 is 8.80 Å². The number of ether oxygens (including phenoxy) is 1. The van der Waals surface area contributed by atoms with Crippen LogP contribution in [0.1, 0.15) is 20.3 Å². The van der Waals surface area contributed by atoms with Crippen molar-refractivity contribution < 1.29 is 18.0 Å². The molecule has 1 fully saturated rings. The van der Waals surface area contributed by atoms with Crippen LogP contribution in [0.15, 0.2) is 0 Å². The van der Waals surface area contributed by atoms with Crippen LogP contribution in [-0.4, -0.2) is 42.8 Å². The van der Waals surface area contributed by atoms with E-state index in [1.54, 1.807) is 21.3 Å². The maximum Gasteiger partial charge on any atom is 0.500 e. The molecule has 0 N–H and O–H groups in total. The maximum absolute atomic E-state index is 5.17. The zero-order valence-electron chi connectivity index (χ0n) is 9.83. The summed E-state index contributed by atoms with van der Waals surface area (Å²) in [5.41, 5.74) is 0. The highest BCUT2D eigenvalue weighted by molar-refractivity contribution is 6.60. The Hall–Kier alpha value is 0.0569. The van der Waals surface area contributed by atoms with Crippen molar-refractivity contribution in [3.05, 3.63) is 0 Å². The van der Waals surface area contributed by atoms with E-state index in [0.29, 0.717) is 6.10 Å². The van der Waals surface area contributed by atoms with Crippen molar-refractivity contribution in [2.45, 2.75) is 32.4 Å². The van der Waals surface area contributed by atoms with Gasteiger partial charge in [0.2, 0.25) is 0 Å². The molecule has 1 unspecified atom stereocenters. The lowest BCUT2D eigenvalue weighted by Gasteiger charge is -2.23. The Morgan fingerprint density at radius 1 is 1.21 bits per heavy atom. The molecule has 0 spiro atoms. The Kier molecular flexibility index (Phi) is 7.39. The lowest BCUT2D eigenvalue weighted by molar-refractivity contribution is 0.123. The Morgan fingerprint density at radius 2 is 1.57 bits per heavy atom. The number of epoxide rings is 1. The van der Waals surface area contributed by atoms with E-state index in [9.17, 15) is 0 Å². The van der Waals surface area contributed by atoms with Gasteiger partial charge in [0.1, 0.15) is 0 Å². The van der Waals surface area contributed by atoms with E-state index in [0.717, 1.165) is 19.1 Å². The van der Waals surface area contributed by atoms with E-state index in [4.69, 9.17) is 18.0 Å². The first kappa shape index (κ1) is 14.1. The number of hydrogen-bond donors (Lipinski definition) is 0. The molecule has 0 radical (unpaired) electrons. The van der Waals surface area contributed by atoms with Crippen molar-refractivity contribution in [3.8, 4) is 0 Å². The molecule has 0 saturated carbocycles. The molecule has 1 heterocycles. The van der Waals surface area contributed by atoms with Gasteiger partial charge in [-0.15, -0.1) is 0 Å². The molecule has 0 amide bonds. The molecular weight excluding hydrogens is 200 g/mol. The Morgan fingerprint density at radius 3 is 1.64 bits per heavy atom. The Balaban J connectivity index is 0.000000344. The van der Waals surface area contributed by atoms with Gasteiger partial charge in [0.05, 0.1) is 12.7 Å². The van der Waals surface area contributed by atoms with Crippen LogP contribution in [-0.2, 0) is 18.0 Å². The van der Waals surface area contributed by atoms with Gasteiger partial charge in [-0.1, -0.05) is 13.3 Å². The summed E-state index contributed by atoms with van der Waals surface area (Å²) in [4.78, 5) is 0. The second kappa shape index (κ2) is 7.36. The van der Waals surface area contributed by atoms with Gasteiger partial charge in [-0.3, -0.25) is 0 Å². The fourth-order valence-corrected chi connectivity index (χ4v) is 2.68. The molecule has 0 aromatic rings. The lowest BCUT2D eigenvalue weighted by atomic mass is 10.6. The van der Waals surface area contributed by atoms with Crippen molar-refractivity contribution >= 4 is 8.80 Å². The average Bonchev–Trinajstić information content (AvgIpc) is 2.98. The third kappa shape index (κ3) is 5.72. The predicted octanol–water partition coefficient (Wildman–Crippen LogP) is 1.68. The zero-order valence-corrected chi connectivity index (χ0v) is 10.8. The second-order valence-electron chi connectivity index (χ2n) is 3.19. The van der Waals surface area contributed by atoms with Crippen LogP contribution in [0.4, 0.5) is 0 Å². The van der Waals surface area contributed by atoms with Gasteiger partial charge in [-0.05, 0) is 6.92 Å². The van der Waals surface area contributed by atoms with Crippen molar-refractivity contribution in [2.75, 3.05) is 27.9 Å². The van der Waals surface area contributed by atoms with Crippen LogP contribution in [0.25, 0.3) is 0 Å². The van der Waals surface area contributed by atoms with Crippen molar-refractivity contribution in [3.63, 3.8) is 0 Å². The predicted molar refractivity (Wildman–Crippen MR) is 57.3 cm³/mol. The molecular formula is C9H22O4Si. The van der Waals surface area contributed by atoms with Gasteiger partial charge < -0.3 is 18.0 Å². The first-order valence-electron chi connectivity index (χ1n) is 4.91. The monoisotopic (exact) mass is 222 g/mol. The molecule has 1 aliphatic heterocycles. The molecule has 0 bridgehead atoms. The summed E-state index contributed by atoms with van der Waals surface area (Å²) in [7, 11) is 2.68. The summed E-state index contributed by atoms with van der Waals surface area (Å²) < 4.78 is 20.2. The second-order valence-corrected chi connectivity index (χ2v) is 6.28. The molecule has 14 heavy (non-hydrogen) atoms. The highest BCUT2D eigenvalue weighted by Crippen LogP contribution is 2.13. The van der Waals surface area contributed by atoms with Gasteiger partial charge in [-0.25, -0.2) is 0 Å². The van der Waals surface area contributed by atoms with Crippen LogP contribution >= 0.6 is 0 Å². The fraction of sp³-hybridized carbons (Fsp3) is 1.00. The Bertz CT molecular complexity index is 127. The van der Waals surface area contributed by atoms with Gasteiger partial charge in [-0.2, -0.15) is 0 Å². The maximum atomic E-state index is 5.17. The number of hydrogen-bond acceptors (Lipinski definition) is 4. The van der Waals surface area contributed by atoms with Crippen LogP contribution in [0.2, 0.25) is 6.04 Å². The molecule has 0 aromatic heterocycles. The van der Waals surface area contributed by atoms with Crippen molar-refractivity contribution in [2.24, 2.45) is 0 Å². The summed E-state index contributed by atoms with van der Waals surface area (Å²) >= 11 is 0. The molecule has 1 saturated heterocycles. The molecule has 4 nitrogen and oxygen atoms in total. The number of rotatable bonds is 5. The minimum Gasteiger partial charge on any atom is -0.377 e. The standard InChI is InChI=1S/C6H16O3Si.C3H6O/c1-5-6-10(7-2,8-3)9-4;1-3-2-4-3/h5-6H2,1-4H3;3H,2H2,1H3. The van der Waals surface area contributed by atoms with Crippen LogP contribution in [0.5, 0.6) is 0 Å². The summed E-state index contributed by atoms with van der Waals surface area (Å²) in [6.07, 6.45) is 1.61. The third-order valence-electron chi connectivity index (χ3n) is 1.99. The average molecular weight is 222 g/mol. The molecule has 5 heteroatoms. The van der Waals surface area contributed by atoms with Gasteiger partial charge >= 0.3 is 8.80 Å². The summed E-state index contributed by atoms with van der Waals surface area (Å²) in [6.45, 7) is 5.12. The molecule has 1 atom stereocenters. The molecule has 86 valence electrons. The van der Waals surface area contributed by atoms with Gasteiger partial charge in [0.25, 0.3) is 0 Å². The first-order valence-corrected chi connectivity index (χ1v) is 6.84. The quantitative estimate of drug-likeness (QED) is 0.524. The normalized spacial score (nSPS) is 19.9. The molecule has 1 aliphatic rings. The summed E-state index contributed by atoms with van der Waals surface area (Å²) in [5.74, 6) is 0. The van der Waals surface area contributed by atoms with Crippen molar-refractivity contribution in [1.29, 1.82) is 0 Å². The van der Waals surface area contributed by atoms with Gasteiger partial charge in [0, 0.05) is 27.4 Å². The molecule has 0 aromatic carbocycles. The van der Waals surface area contributed by atoms with Crippen LogP contribution in [0, 0.1) is 0 Å². The van der Waals surface area contributed by atoms with E-state index in [2.05, 4.69) is 13.8 Å². The van der Waals surface area contributed by atoms with E-state index in [1.807, 2.05) is 0 Å². The van der Waals surface area contributed by atoms with Crippen molar-refractivity contribution in [1.82, 2.24) is 0 Å². The lowest BCUT2D eigenvalue weighted by Crippen LogP contribution is -2.42. The highest BCUT2D eigenvalue weighted by atomic mass is 28.4. The Labute approximate surface area is 87.9 Å². The summed E-state index contributed by atoms with van der Waals surface area (Å²) in [5, 5.41) is 0. The minimum atomic E-state index is -2.22. The smallest absolute Gasteiger partial charge is 0.377 e. The third-order valence-corrected chi connectivity index (χ3v) is 4.97. The topological polar surface area (TPSA) is 40.2 Å². The SMILES string of the molecule is CC1CO1.CCC[Si](OC)(OC)OC. The van der Waals surface area contributed by atoms with Crippen LogP contribution < -0.4 is 0 Å². The fourth-order valence-electron chi connectivity index (χ4n) is 0.959. The molecule has 0 aliphatic carbocycles. The van der Waals surface area contributed by atoms with Gasteiger partial charge in [0.15, 0.2) is 0 Å². The first-order chi connectivity index (χ1) is 6.64. The van der Waals surface area contributed by atoms with Crippen LogP contribution in [0.3, 0.4) is 0 Å². The molecule has 1 rings (SSSR count). The van der Waals surface area contributed by atoms with E-state index in [-0.39, 0.29) is 0 Å². The zero-order chi connectivity index (χ0) is 11.0. The minimum absolute atomic E-state index is 0.583. The van der Waals surface area contributed by atoms with E-state index >= 15 is 0 Å².